The third-order valence-corrected chi connectivity index (χ3v) is 10.00. The quantitative estimate of drug-likeness (QED) is 0.175. The molecule has 2 heteroatoms. The van der Waals surface area contributed by atoms with Crippen LogP contribution >= 0.6 is 0 Å². The molecule has 2 nitrogen and oxygen atoms in total. The van der Waals surface area contributed by atoms with Gasteiger partial charge in [-0.15, -0.1) is 0 Å². The minimum absolute atomic E-state index is 0.902. The first-order valence-electron chi connectivity index (χ1n) is 17.1. The molecule has 1 aromatic heterocycles. The van der Waals surface area contributed by atoms with E-state index < -0.39 is 0 Å². The van der Waals surface area contributed by atoms with Gasteiger partial charge >= 0.3 is 0 Å². The Morgan fingerprint density at radius 1 is 0.300 bits per heavy atom. The number of fused-ring (bicyclic) bond motifs is 7. The highest BCUT2D eigenvalue weighted by Gasteiger charge is 2.19. The maximum atomic E-state index is 6.37. The van der Waals surface area contributed by atoms with Crippen molar-refractivity contribution in [3.8, 4) is 22.3 Å². The van der Waals surface area contributed by atoms with Crippen molar-refractivity contribution < 1.29 is 4.42 Å². The van der Waals surface area contributed by atoms with Crippen LogP contribution in [-0.2, 0) is 0 Å². The largest absolute Gasteiger partial charge is 0.456 e. The lowest BCUT2D eigenvalue weighted by atomic mass is 9.96. The molecule has 9 aromatic carbocycles. The smallest absolute Gasteiger partial charge is 0.136 e. The Balaban J connectivity index is 1.20. The van der Waals surface area contributed by atoms with Crippen LogP contribution in [0.3, 0.4) is 0 Å². The van der Waals surface area contributed by atoms with Crippen LogP contribution in [0.5, 0.6) is 0 Å². The highest BCUT2D eigenvalue weighted by atomic mass is 16.3. The van der Waals surface area contributed by atoms with E-state index in [1.807, 2.05) is 12.1 Å². The van der Waals surface area contributed by atoms with E-state index in [-0.39, 0.29) is 0 Å². The van der Waals surface area contributed by atoms with E-state index in [9.17, 15) is 0 Å². The van der Waals surface area contributed by atoms with Crippen LogP contribution in [-0.4, -0.2) is 0 Å². The van der Waals surface area contributed by atoms with Gasteiger partial charge in [-0.3, -0.25) is 0 Å². The van der Waals surface area contributed by atoms with Crippen LogP contribution in [0.1, 0.15) is 0 Å². The molecule has 0 saturated carbocycles. The van der Waals surface area contributed by atoms with Crippen LogP contribution in [0, 0.1) is 0 Å². The fourth-order valence-electron chi connectivity index (χ4n) is 7.53. The lowest BCUT2D eigenvalue weighted by Crippen LogP contribution is -2.10. The molecule has 50 heavy (non-hydrogen) atoms. The molecular weight excluding hydrogens is 607 g/mol. The Morgan fingerprint density at radius 3 is 1.66 bits per heavy atom. The molecule has 1 heterocycles. The van der Waals surface area contributed by atoms with E-state index in [2.05, 4.69) is 181 Å². The van der Waals surface area contributed by atoms with Crippen molar-refractivity contribution in [3.05, 3.63) is 188 Å². The number of nitrogens with zero attached hydrogens (tertiary/aromatic N) is 1. The van der Waals surface area contributed by atoms with Crippen LogP contribution < -0.4 is 4.90 Å². The predicted molar refractivity (Wildman–Crippen MR) is 212 cm³/mol. The normalized spacial score (nSPS) is 11.6. The molecule has 10 aromatic rings. The first-order chi connectivity index (χ1) is 24.8. The topological polar surface area (TPSA) is 16.4 Å². The third-order valence-electron chi connectivity index (χ3n) is 10.00. The van der Waals surface area contributed by atoms with Crippen LogP contribution in [0.15, 0.2) is 192 Å². The van der Waals surface area contributed by atoms with Crippen molar-refractivity contribution in [3.63, 3.8) is 0 Å². The Bertz CT molecular complexity index is 2850. The van der Waals surface area contributed by atoms with E-state index in [1.54, 1.807) is 0 Å². The Morgan fingerprint density at radius 2 is 0.880 bits per heavy atom. The lowest BCUT2D eigenvalue weighted by molar-refractivity contribution is 0.669. The number of furan rings is 1. The summed E-state index contributed by atoms with van der Waals surface area (Å²) in [6.07, 6.45) is 0. The van der Waals surface area contributed by atoms with Gasteiger partial charge in [0.2, 0.25) is 0 Å². The number of hydrogen-bond acceptors (Lipinski definition) is 2. The van der Waals surface area contributed by atoms with E-state index >= 15 is 0 Å². The van der Waals surface area contributed by atoms with Crippen molar-refractivity contribution in [1.29, 1.82) is 0 Å². The van der Waals surface area contributed by atoms with Crippen LogP contribution in [0.2, 0.25) is 0 Å². The zero-order chi connectivity index (χ0) is 33.0. The maximum Gasteiger partial charge on any atom is 0.136 e. The van der Waals surface area contributed by atoms with E-state index in [4.69, 9.17) is 4.42 Å². The number of benzene rings is 9. The molecule has 0 aliphatic rings. The molecule has 10 rings (SSSR count). The monoisotopic (exact) mass is 637 g/mol. The summed E-state index contributed by atoms with van der Waals surface area (Å²) in [6.45, 7) is 0. The summed E-state index contributed by atoms with van der Waals surface area (Å²) < 4.78 is 6.37. The molecule has 0 aliphatic heterocycles. The van der Waals surface area contributed by atoms with Crippen molar-refractivity contribution in [1.82, 2.24) is 0 Å². The molecule has 234 valence electrons. The zero-order valence-corrected chi connectivity index (χ0v) is 27.3. The molecule has 0 saturated heterocycles. The molecule has 0 radical (unpaired) electrons. The van der Waals surface area contributed by atoms with E-state index in [0.717, 1.165) is 44.4 Å². The Hall–Kier alpha value is -6.64. The third kappa shape index (κ3) is 4.73. The molecule has 0 aliphatic carbocycles. The molecule has 0 atom stereocenters. The SMILES string of the molecule is c1ccc(-c2ccc(N(c3ccc4cc(-c5ccccc5)ccc4c3)c3cc4cc5oc6ccccc6c5cc4c4ccccc34)cc2)cc1. The highest BCUT2D eigenvalue weighted by molar-refractivity contribution is 6.20. The molecule has 0 N–H and O–H groups in total. The zero-order valence-electron chi connectivity index (χ0n) is 27.3. The lowest BCUT2D eigenvalue weighted by Gasteiger charge is -2.28. The first kappa shape index (κ1) is 28.4. The summed E-state index contributed by atoms with van der Waals surface area (Å²) in [5.41, 5.74) is 9.97. The fourth-order valence-corrected chi connectivity index (χ4v) is 7.53. The van der Waals surface area contributed by atoms with Crippen LogP contribution in [0.25, 0.3) is 76.5 Å². The molecule has 0 unspecified atom stereocenters. The van der Waals surface area contributed by atoms with Gasteiger partial charge in [0.1, 0.15) is 11.2 Å². The average Bonchev–Trinajstić information content (AvgIpc) is 3.55. The standard InChI is InChI=1S/C48H31NO/c1-3-11-32(12-4-1)34-21-24-39(25-22-34)49(40-26-23-36-27-35(19-20-37(36)28-40)33-13-5-2-6-14-33)46-29-38-30-48-45(43-17-9-10-18-47(43)50-48)31-44(38)41-15-7-8-16-42(41)46/h1-31H. The van der Waals surface area contributed by atoms with Gasteiger partial charge in [0.25, 0.3) is 0 Å². The van der Waals surface area contributed by atoms with Gasteiger partial charge in [0, 0.05) is 27.5 Å². The van der Waals surface area contributed by atoms with E-state index in [0.29, 0.717) is 0 Å². The van der Waals surface area contributed by atoms with Gasteiger partial charge < -0.3 is 9.32 Å². The van der Waals surface area contributed by atoms with Gasteiger partial charge in [-0.25, -0.2) is 0 Å². The highest BCUT2D eigenvalue weighted by Crippen LogP contribution is 2.44. The summed E-state index contributed by atoms with van der Waals surface area (Å²) in [7, 11) is 0. The predicted octanol–water partition coefficient (Wildman–Crippen LogP) is 13.8. The Labute approximate surface area is 290 Å². The number of rotatable bonds is 5. The van der Waals surface area contributed by atoms with Crippen molar-refractivity contribution in [2.24, 2.45) is 0 Å². The molecule has 0 fully saturated rings. The van der Waals surface area contributed by atoms with Crippen molar-refractivity contribution >= 4 is 71.3 Å². The van der Waals surface area contributed by atoms with Gasteiger partial charge in [0.05, 0.1) is 5.69 Å². The maximum absolute atomic E-state index is 6.37. The number of para-hydroxylation sites is 1. The van der Waals surface area contributed by atoms with Gasteiger partial charge in [0.15, 0.2) is 0 Å². The van der Waals surface area contributed by atoms with Gasteiger partial charge in [-0.1, -0.05) is 133 Å². The second-order valence-electron chi connectivity index (χ2n) is 13.0. The molecule has 0 bridgehead atoms. The number of anilines is 3. The minimum atomic E-state index is 0.902. The Kier molecular flexibility index (Phi) is 6.53. The molecular formula is C48H31NO. The van der Waals surface area contributed by atoms with Crippen LogP contribution in [0.4, 0.5) is 17.1 Å². The summed E-state index contributed by atoms with van der Waals surface area (Å²) in [4.78, 5) is 2.41. The van der Waals surface area contributed by atoms with Crippen molar-refractivity contribution in [2.45, 2.75) is 0 Å². The van der Waals surface area contributed by atoms with E-state index in [1.165, 1.54) is 49.2 Å². The van der Waals surface area contributed by atoms with Gasteiger partial charge in [-0.2, -0.15) is 0 Å². The van der Waals surface area contributed by atoms with Crippen molar-refractivity contribution in [2.75, 3.05) is 4.90 Å². The molecule has 0 amide bonds. The second kappa shape index (κ2) is 11.5. The summed E-state index contributed by atoms with van der Waals surface area (Å²) in [5.74, 6) is 0. The average molecular weight is 638 g/mol. The summed E-state index contributed by atoms with van der Waals surface area (Å²) >= 11 is 0. The summed E-state index contributed by atoms with van der Waals surface area (Å²) in [6, 6.07) is 67.6. The van der Waals surface area contributed by atoms with Gasteiger partial charge in [-0.05, 0) is 104 Å². The minimum Gasteiger partial charge on any atom is -0.456 e. The molecule has 0 spiro atoms. The first-order valence-corrected chi connectivity index (χ1v) is 17.1. The second-order valence-corrected chi connectivity index (χ2v) is 13.0. The fraction of sp³-hybridized carbons (Fsp3) is 0. The summed E-state index contributed by atoms with van der Waals surface area (Å²) in [5, 5.41) is 9.46. The number of hydrogen-bond donors (Lipinski definition) is 0.